The molecule has 2 atom stereocenters. The highest BCUT2D eigenvalue weighted by molar-refractivity contribution is 5.98. The minimum absolute atomic E-state index is 0.00157. The van der Waals surface area contributed by atoms with Crippen LogP contribution in [0.5, 0.6) is 0 Å². The van der Waals surface area contributed by atoms with E-state index in [-0.39, 0.29) is 17.8 Å². The van der Waals surface area contributed by atoms with Crippen LogP contribution in [0.15, 0.2) is 6.20 Å². The van der Waals surface area contributed by atoms with E-state index in [9.17, 15) is 18.0 Å². The third kappa shape index (κ3) is 2.01. The molecule has 4 N–H and O–H groups in total. The summed E-state index contributed by atoms with van der Waals surface area (Å²) in [6.45, 7) is 1.61. The summed E-state index contributed by atoms with van der Waals surface area (Å²) in [5.41, 5.74) is 1.87. The number of amides is 1. The maximum absolute atomic E-state index is 12.9. The molecule has 0 spiro atoms. The zero-order valence-electron chi connectivity index (χ0n) is 9.45. The van der Waals surface area contributed by atoms with Crippen molar-refractivity contribution in [3.05, 3.63) is 11.8 Å². The van der Waals surface area contributed by atoms with Crippen molar-refractivity contribution in [1.82, 2.24) is 15.2 Å². The number of nitrogens with zero attached hydrogens (tertiary/aromatic N) is 2. The van der Waals surface area contributed by atoms with E-state index in [2.05, 4.69) is 10.4 Å². The van der Waals surface area contributed by atoms with Crippen LogP contribution in [0.3, 0.4) is 0 Å². The molecule has 0 aromatic carbocycles. The van der Waals surface area contributed by atoms with Crippen molar-refractivity contribution in [2.45, 2.75) is 31.6 Å². The molecule has 1 amide bonds. The Morgan fingerprint density at radius 1 is 1.67 bits per heavy atom. The number of carbonyl (C=O) groups is 1. The molecule has 6 nitrogen and oxygen atoms in total. The Kier molecular flexibility index (Phi) is 2.93. The first kappa shape index (κ1) is 12.7. The van der Waals surface area contributed by atoms with Crippen molar-refractivity contribution in [2.24, 2.45) is 5.84 Å². The number of hydrogen-bond acceptors (Lipinski definition) is 4. The highest BCUT2D eigenvalue weighted by Gasteiger charge is 2.46. The number of nitrogens with one attached hydrogen (secondary N) is 2. The molecule has 2 heterocycles. The van der Waals surface area contributed by atoms with E-state index in [0.29, 0.717) is 0 Å². The van der Waals surface area contributed by atoms with Gasteiger partial charge in [0.2, 0.25) is 0 Å². The summed E-state index contributed by atoms with van der Waals surface area (Å²) >= 11 is 0. The van der Waals surface area contributed by atoms with Gasteiger partial charge in [0.25, 0.3) is 5.91 Å². The fourth-order valence-electron chi connectivity index (χ4n) is 1.99. The molecule has 0 bridgehead atoms. The number of nitrogens with two attached hydrogens (primary N) is 1. The number of hydrogen-bond donors (Lipinski definition) is 3. The number of rotatable bonds is 1. The smallest absolute Gasteiger partial charge is 0.367 e. The SMILES string of the molecule is C[C@H]1C[C@H](C(F)(F)F)n2ncc(C(=O)NN)c2N1. The van der Waals surface area contributed by atoms with Crippen molar-refractivity contribution >= 4 is 11.7 Å². The Morgan fingerprint density at radius 3 is 2.89 bits per heavy atom. The fourth-order valence-corrected chi connectivity index (χ4v) is 1.99. The molecule has 0 aliphatic carbocycles. The Balaban J connectivity index is 2.46. The molecular formula is C9H12F3N5O. The van der Waals surface area contributed by atoms with Crippen molar-refractivity contribution in [3.8, 4) is 0 Å². The van der Waals surface area contributed by atoms with Crippen LogP contribution in [0.4, 0.5) is 19.0 Å². The summed E-state index contributed by atoms with van der Waals surface area (Å²) < 4.78 is 39.4. The van der Waals surface area contributed by atoms with Crippen LogP contribution in [0.1, 0.15) is 29.7 Å². The average molecular weight is 263 g/mol. The van der Waals surface area contributed by atoms with Gasteiger partial charge in [0.1, 0.15) is 11.4 Å². The van der Waals surface area contributed by atoms with Crippen LogP contribution in [0.25, 0.3) is 0 Å². The summed E-state index contributed by atoms with van der Waals surface area (Å²) in [5, 5.41) is 6.44. The number of hydrazine groups is 1. The predicted molar refractivity (Wildman–Crippen MR) is 56.7 cm³/mol. The minimum Gasteiger partial charge on any atom is -0.367 e. The summed E-state index contributed by atoms with van der Waals surface area (Å²) in [5.74, 6) is 4.32. The van der Waals surface area contributed by atoms with E-state index in [1.807, 2.05) is 5.43 Å². The number of anilines is 1. The van der Waals surface area contributed by atoms with Crippen LogP contribution in [-0.2, 0) is 0 Å². The summed E-state index contributed by atoms with van der Waals surface area (Å²) in [6, 6.07) is -2.15. The molecule has 9 heteroatoms. The quantitative estimate of drug-likeness (QED) is 0.397. The summed E-state index contributed by atoms with van der Waals surface area (Å²) in [4.78, 5) is 11.4. The van der Waals surface area contributed by atoms with Gasteiger partial charge >= 0.3 is 6.18 Å². The van der Waals surface area contributed by atoms with Crippen LogP contribution in [0.2, 0.25) is 0 Å². The average Bonchev–Trinajstić information content (AvgIpc) is 2.69. The Bertz CT molecular complexity index is 469. The molecule has 2 rings (SSSR count). The first-order valence-corrected chi connectivity index (χ1v) is 5.26. The molecule has 0 radical (unpaired) electrons. The molecule has 1 aromatic rings. The van der Waals surface area contributed by atoms with Gasteiger partial charge in [-0.1, -0.05) is 0 Å². The highest BCUT2D eigenvalue weighted by atomic mass is 19.4. The minimum atomic E-state index is -4.41. The first-order chi connectivity index (χ1) is 8.34. The van der Waals surface area contributed by atoms with Gasteiger partial charge in [-0.05, 0) is 13.3 Å². The zero-order chi connectivity index (χ0) is 13.5. The lowest BCUT2D eigenvalue weighted by Crippen LogP contribution is -2.39. The topological polar surface area (TPSA) is 85.0 Å². The maximum Gasteiger partial charge on any atom is 0.410 e. The Labute approximate surface area is 100 Å². The van der Waals surface area contributed by atoms with Crippen LogP contribution in [0, 0.1) is 0 Å². The Hall–Kier alpha value is -1.77. The summed E-state index contributed by atoms with van der Waals surface area (Å²) in [6.07, 6.45) is -3.48. The van der Waals surface area contributed by atoms with E-state index in [1.165, 1.54) is 0 Å². The molecule has 18 heavy (non-hydrogen) atoms. The van der Waals surface area contributed by atoms with Gasteiger partial charge in [0.05, 0.1) is 6.20 Å². The summed E-state index contributed by atoms with van der Waals surface area (Å²) in [7, 11) is 0. The van der Waals surface area contributed by atoms with Gasteiger partial charge in [-0.25, -0.2) is 10.5 Å². The van der Waals surface area contributed by atoms with Crippen molar-refractivity contribution < 1.29 is 18.0 Å². The van der Waals surface area contributed by atoms with Gasteiger partial charge in [0, 0.05) is 6.04 Å². The molecule has 1 aromatic heterocycles. The normalized spacial score (nSPS) is 23.2. The maximum atomic E-state index is 12.9. The lowest BCUT2D eigenvalue weighted by atomic mass is 10.1. The number of alkyl halides is 3. The Morgan fingerprint density at radius 2 is 2.33 bits per heavy atom. The largest absolute Gasteiger partial charge is 0.410 e. The van der Waals surface area contributed by atoms with Gasteiger partial charge in [-0.2, -0.15) is 18.3 Å². The van der Waals surface area contributed by atoms with Gasteiger partial charge in [-0.3, -0.25) is 10.2 Å². The van der Waals surface area contributed by atoms with Crippen molar-refractivity contribution in [2.75, 3.05) is 5.32 Å². The molecule has 0 fully saturated rings. The number of carbonyl (C=O) groups excluding carboxylic acids is 1. The molecular weight excluding hydrogens is 251 g/mol. The molecule has 0 unspecified atom stereocenters. The van der Waals surface area contributed by atoms with Gasteiger partial charge in [0.15, 0.2) is 6.04 Å². The number of nitrogen functional groups attached to an aromatic ring is 1. The zero-order valence-corrected chi connectivity index (χ0v) is 9.45. The third-order valence-electron chi connectivity index (χ3n) is 2.80. The second-order valence-corrected chi connectivity index (χ2v) is 4.16. The van der Waals surface area contributed by atoms with E-state index < -0.39 is 24.2 Å². The van der Waals surface area contributed by atoms with Crippen LogP contribution >= 0.6 is 0 Å². The highest BCUT2D eigenvalue weighted by Crippen LogP contribution is 2.39. The van der Waals surface area contributed by atoms with E-state index in [1.54, 1.807) is 6.92 Å². The van der Waals surface area contributed by atoms with Crippen molar-refractivity contribution in [3.63, 3.8) is 0 Å². The fraction of sp³-hybridized carbons (Fsp3) is 0.556. The molecule has 0 saturated heterocycles. The lowest BCUT2D eigenvalue weighted by molar-refractivity contribution is -0.173. The number of fused-ring (bicyclic) bond motifs is 1. The van der Waals surface area contributed by atoms with Crippen molar-refractivity contribution in [1.29, 1.82) is 0 Å². The van der Waals surface area contributed by atoms with E-state index in [4.69, 9.17) is 5.84 Å². The molecule has 1 aliphatic heterocycles. The molecule has 100 valence electrons. The van der Waals surface area contributed by atoms with Gasteiger partial charge < -0.3 is 5.32 Å². The van der Waals surface area contributed by atoms with Gasteiger partial charge in [-0.15, -0.1) is 0 Å². The third-order valence-corrected chi connectivity index (χ3v) is 2.80. The standard InChI is InChI=1S/C9H12F3N5O/c1-4-2-6(9(10,11)12)17-7(15-4)5(3-14-17)8(18)16-13/h3-4,6,15H,2,13H2,1H3,(H,16,18)/t4-,6+/m0/s1. The first-order valence-electron chi connectivity index (χ1n) is 5.26. The monoisotopic (exact) mass is 263 g/mol. The second-order valence-electron chi connectivity index (χ2n) is 4.16. The van der Waals surface area contributed by atoms with Crippen LogP contribution in [-0.4, -0.2) is 27.9 Å². The molecule has 0 saturated carbocycles. The molecule has 1 aliphatic rings. The van der Waals surface area contributed by atoms with E-state index >= 15 is 0 Å². The van der Waals surface area contributed by atoms with E-state index in [0.717, 1.165) is 10.9 Å². The van der Waals surface area contributed by atoms with Crippen LogP contribution < -0.4 is 16.6 Å². The lowest BCUT2D eigenvalue weighted by Gasteiger charge is -2.31. The number of halogens is 3. The second kappa shape index (κ2) is 4.16. The predicted octanol–water partition coefficient (Wildman–Crippen LogP) is 0.794. The number of aromatic nitrogens is 2.